The summed E-state index contributed by atoms with van der Waals surface area (Å²) in [6.07, 6.45) is 7.59. The summed E-state index contributed by atoms with van der Waals surface area (Å²) < 4.78 is 13.8. The predicted molar refractivity (Wildman–Crippen MR) is 117 cm³/mol. The smallest absolute Gasteiger partial charge is 0.227 e. The lowest BCUT2D eigenvalue weighted by Gasteiger charge is -2.21. The van der Waals surface area contributed by atoms with Gasteiger partial charge in [0, 0.05) is 23.6 Å². The number of aromatic hydroxyl groups is 1. The highest BCUT2D eigenvalue weighted by Crippen LogP contribution is 2.54. The van der Waals surface area contributed by atoms with Gasteiger partial charge in [-0.25, -0.2) is 9.37 Å². The quantitative estimate of drug-likeness (QED) is 0.604. The summed E-state index contributed by atoms with van der Waals surface area (Å²) in [5.41, 5.74) is 2.66. The van der Waals surface area contributed by atoms with Gasteiger partial charge in [0.15, 0.2) is 0 Å². The van der Waals surface area contributed by atoms with Crippen molar-refractivity contribution in [3.05, 3.63) is 60.2 Å². The van der Waals surface area contributed by atoms with E-state index in [1.165, 1.54) is 23.9 Å². The minimum Gasteiger partial charge on any atom is -0.493 e. The minimum absolute atomic E-state index is 0.00427. The number of carbonyl (C=O) groups is 1. The molecule has 31 heavy (non-hydrogen) atoms. The molecule has 0 saturated heterocycles. The van der Waals surface area contributed by atoms with Gasteiger partial charge in [-0.15, -0.1) is 0 Å². The van der Waals surface area contributed by atoms with E-state index in [0.29, 0.717) is 29.4 Å². The van der Waals surface area contributed by atoms with Crippen molar-refractivity contribution in [2.24, 2.45) is 23.7 Å². The summed E-state index contributed by atoms with van der Waals surface area (Å²) in [5.74, 6) is 1.66. The summed E-state index contributed by atoms with van der Waals surface area (Å²) in [5, 5.41) is 13.1. The highest BCUT2D eigenvalue weighted by Gasteiger charge is 2.44. The first-order valence-corrected chi connectivity index (χ1v) is 11.0. The summed E-state index contributed by atoms with van der Waals surface area (Å²) in [6.45, 7) is 2.01. The fourth-order valence-corrected chi connectivity index (χ4v) is 5.75. The summed E-state index contributed by atoms with van der Waals surface area (Å²) in [6, 6.07) is 10.0. The first kappa shape index (κ1) is 19.9. The van der Waals surface area contributed by atoms with E-state index in [-0.39, 0.29) is 23.5 Å². The van der Waals surface area contributed by atoms with E-state index >= 15 is 0 Å². The summed E-state index contributed by atoms with van der Waals surface area (Å²) in [4.78, 5) is 20.9. The largest absolute Gasteiger partial charge is 0.493 e. The number of hydrogen-bond acceptors (Lipinski definition) is 4. The fourth-order valence-electron chi connectivity index (χ4n) is 5.75. The molecule has 5 rings (SSSR count). The number of halogens is 1. The zero-order chi connectivity index (χ0) is 21.5. The number of nitrogens with one attached hydrogen (secondary N) is 1. The van der Waals surface area contributed by atoms with Gasteiger partial charge in [-0.3, -0.25) is 9.78 Å². The van der Waals surface area contributed by atoms with Crippen molar-refractivity contribution in [3.63, 3.8) is 0 Å². The molecular weight excluding hydrogens is 393 g/mol. The molecule has 0 bridgehead atoms. The molecule has 5 nitrogen and oxygen atoms in total. The lowest BCUT2D eigenvalue weighted by molar-refractivity contribution is -0.120. The maximum atomic E-state index is 13.8. The predicted octanol–water partition coefficient (Wildman–Crippen LogP) is 5.27. The maximum Gasteiger partial charge on any atom is 0.227 e. The number of aromatic nitrogens is 2. The lowest BCUT2D eigenvalue weighted by atomic mass is 9.86. The number of anilines is 1. The Morgan fingerprint density at radius 1 is 1.10 bits per heavy atom. The van der Waals surface area contributed by atoms with Crippen molar-refractivity contribution in [3.8, 4) is 5.88 Å². The molecule has 0 aliphatic heterocycles. The Morgan fingerprint density at radius 2 is 1.87 bits per heavy atom. The molecular formula is C25H26FN3O2. The molecule has 5 atom stereocenters. The Balaban J connectivity index is 1.24. The Morgan fingerprint density at radius 3 is 2.58 bits per heavy atom. The highest BCUT2D eigenvalue weighted by molar-refractivity contribution is 5.92. The van der Waals surface area contributed by atoms with Crippen LogP contribution in [0.15, 0.2) is 48.8 Å². The van der Waals surface area contributed by atoms with Crippen LogP contribution in [0.3, 0.4) is 0 Å². The average Bonchev–Trinajstić information content (AvgIpc) is 3.33. The van der Waals surface area contributed by atoms with Crippen LogP contribution in [0.4, 0.5) is 10.1 Å². The number of fused-ring (bicyclic) bond motifs is 2. The number of rotatable bonds is 4. The molecule has 2 saturated carbocycles. The lowest BCUT2D eigenvalue weighted by Crippen LogP contribution is -2.26. The van der Waals surface area contributed by atoms with Crippen LogP contribution in [0.2, 0.25) is 0 Å². The normalized spacial score (nSPS) is 26.0. The summed E-state index contributed by atoms with van der Waals surface area (Å²) >= 11 is 0. The van der Waals surface area contributed by atoms with Crippen molar-refractivity contribution in [1.29, 1.82) is 0 Å². The molecule has 1 aromatic carbocycles. The van der Waals surface area contributed by atoms with Crippen LogP contribution in [0.1, 0.15) is 44.1 Å². The Labute approximate surface area is 180 Å². The number of pyridine rings is 2. The molecule has 2 aliphatic carbocycles. The van der Waals surface area contributed by atoms with Gasteiger partial charge in [-0.2, -0.15) is 0 Å². The van der Waals surface area contributed by atoms with E-state index in [2.05, 4.69) is 15.3 Å². The van der Waals surface area contributed by atoms with E-state index in [0.717, 1.165) is 36.6 Å². The van der Waals surface area contributed by atoms with Gasteiger partial charge < -0.3 is 10.4 Å². The molecule has 1 amide bonds. The first-order valence-electron chi connectivity index (χ1n) is 11.0. The molecule has 2 aromatic heterocycles. The van der Waals surface area contributed by atoms with Gasteiger partial charge in [0.25, 0.3) is 0 Å². The molecule has 3 aromatic rings. The molecule has 6 heteroatoms. The van der Waals surface area contributed by atoms with Crippen molar-refractivity contribution in [2.45, 2.75) is 38.5 Å². The Bertz CT molecular complexity index is 1100. The number of hydrogen-bond donors (Lipinski definition) is 2. The van der Waals surface area contributed by atoms with Crippen LogP contribution in [0.25, 0.3) is 10.9 Å². The van der Waals surface area contributed by atoms with Gasteiger partial charge in [-0.05, 0) is 85.3 Å². The van der Waals surface area contributed by atoms with Crippen LogP contribution in [-0.4, -0.2) is 21.0 Å². The maximum absolute atomic E-state index is 13.8. The van der Waals surface area contributed by atoms with Crippen molar-refractivity contribution >= 4 is 22.5 Å². The molecule has 2 heterocycles. The second-order valence-corrected chi connectivity index (χ2v) is 9.16. The number of amides is 1. The van der Waals surface area contributed by atoms with Gasteiger partial charge in [-0.1, -0.05) is 6.92 Å². The SMILES string of the molecule is CC(C(=O)Nc1ccc(O)nc1)[C@H]1C[C@H]2C[C@@H](c3ccnc4ccc(F)cc34)C[C@H]2C1. The third kappa shape index (κ3) is 3.87. The van der Waals surface area contributed by atoms with Crippen LogP contribution < -0.4 is 5.32 Å². The average molecular weight is 420 g/mol. The van der Waals surface area contributed by atoms with Gasteiger partial charge in [0.2, 0.25) is 11.8 Å². The van der Waals surface area contributed by atoms with Gasteiger partial charge in [0.05, 0.1) is 17.4 Å². The zero-order valence-corrected chi connectivity index (χ0v) is 17.5. The summed E-state index contributed by atoms with van der Waals surface area (Å²) in [7, 11) is 0. The monoisotopic (exact) mass is 419 g/mol. The van der Waals surface area contributed by atoms with Crippen LogP contribution in [0.5, 0.6) is 5.88 Å². The van der Waals surface area contributed by atoms with E-state index in [1.807, 2.05) is 19.2 Å². The molecule has 2 N–H and O–H groups in total. The number of carbonyl (C=O) groups excluding carboxylic acids is 1. The number of nitrogens with zero attached hydrogens (tertiary/aromatic N) is 2. The van der Waals surface area contributed by atoms with Crippen LogP contribution >= 0.6 is 0 Å². The van der Waals surface area contributed by atoms with E-state index in [9.17, 15) is 14.3 Å². The van der Waals surface area contributed by atoms with Crippen molar-refractivity contribution in [1.82, 2.24) is 9.97 Å². The van der Waals surface area contributed by atoms with Gasteiger partial charge >= 0.3 is 0 Å². The van der Waals surface area contributed by atoms with Crippen LogP contribution in [0, 0.1) is 29.5 Å². The van der Waals surface area contributed by atoms with Crippen molar-refractivity contribution < 1.29 is 14.3 Å². The Hall–Kier alpha value is -3.02. The minimum atomic E-state index is -0.219. The topological polar surface area (TPSA) is 75.1 Å². The zero-order valence-electron chi connectivity index (χ0n) is 17.5. The third-order valence-electron chi connectivity index (χ3n) is 7.37. The molecule has 1 unspecified atom stereocenters. The van der Waals surface area contributed by atoms with Crippen LogP contribution in [-0.2, 0) is 4.79 Å². The van der Waals surface area contributed by atoms with Gasteiger partial charge in [0.1, 0.15) is 5.82 Å². The molecule has 2 aliphatic rings. The Kier molecular flexibility index (Phi) is 5.08. The first-order chi connectivity index (χ1) is 15.0. The molecule has 0 radical (unpaired) electrons. The highest BCUT2D eigenvalue weighted by atomic mass is 19.1. The fraction of sp³-hybridized carbons (Fsp3) is 0.400. The van der Waals surface area contributed by atoms with Crippen molar-refractivity contribution in [2.75, 3.05) is 5.32 Å². The molecule has 2 fully saturated rings. The third-order valence-corrected chi connectivity index (χ3v) is 7.37. The number of benzene rings is 1. The second kappa shape index (κ2) is 7.91. The van der Waals surface area contributed by atoms with E-state index in [1.54, 1.807) is 18.2 Å². The van der Waals surface area contributed by atoms with E-state index < -0.39 is 0 Å². The molecule has 160 valence electrons. The van der Waals surface area contributed by atoms with E-state index in [4.69, 9.17) is 0 Å². The standard InChI is InChI=1S/C25H26FN3O2/c1-14(25(31)29-20-3-5-24(30)28-13-20)15-8-16-10-18(11-17(16)9-15)21-6-7-27-23-4-2-19(26)12-22(21)23/h2-7,12-18H,8-11H2,1H3,(H,28,30)(H,29,31)/t14?,15-,16-,17+,18+. The molecule has 0 spiro atoms. The second-order valence-electron chi connectivity index (χ2n) is 9.16.